The molecule has 0 saturated carbocycles. The molecule has 4 heteroatoms. The van der Waals surface area contributed by atoms with Crippen molar-refractivity contribution in [3.8, 4) is 5.75 Å². The average molecular weight is 311 g/mol. The third-order valence-corrected chi connectivity index (χ3v) is 4.50. The lowest BCUT2D eigenvalue weighted by Gasteiger charge is -2.33. The Bertz CT molecular complexity index is 648. The van der Waals surface area contributed by atoms with Gasteiger partial charge in [0, 0.05) is 13.1 Å². The summed E-state index contributed by atoms with van der Waals surface area (Å²) in [7, 11) is 1.67. The van der Waals surface area contributed by atoms with Crippen LogP contribution in [0.1, 0.15) is 24.8 Å². The number of hydrogen-bond acceptors (Lipinski definition) is 4. The molecule has 23 heavy (non-hydrogen) atoms. The van der Waals surface area contributed by atoms with Gasteiger partial charge in [0.2, 0.25) is 0 Å². The van der Waals surface area contributed by atoms with E-state index in [2.05, 4.69) is 30.0 Å². The SMILES string of the molecule is COc1ccc(N(N)c2c(C)cccc2N2CCCCC2)cc1. The van der Waals surface area contributed by atoms with E-state index < -0.39 is 0 Å². The number of aryl methyl sites for hydroxylation is 1. The number of hydrazine groups is 1. The summed E-state index contributed by atoms with van der Waals surface area (Å²) >= 11 is 0. The molecular weight excluding hydrogens is 286 g/mol. The zero-order valence-corrected chi connectivity index (χ0v) is 14.0. The van der Waals surface area contributed by atoms with Crippen molar-refractivity contribution >= 4 is 17.1 Å². The van der Waals surface area contributed by atoms with Crippen LogP contribution in [-0.2, 0) is 0 Å². The number of ether oxygens (including phenoxy) is 1. The molecule has 0 unspecified atom stereocenters. The van der Waals surface area contributed by atoms with Crippen LogP contribution in [0, 0.1) is 6.92 Å². The molecule has 0 bridgehead atoms. The smallest absolute Gasteiger partial charge is 0.119 e. The van der Waals surface area contributed by atoms with Gasteiger partial charge in [0.25, 0.3) is 0 Å². The van der Waals surface area contributed by atoms with Crippen LogP contribution in [0.25, 0.3) is 0 Å². The lowest BCUT2D eigenvalue weighted by atomic mass is 10.1. The molecule has 0 aliphatic carbocycles. The van der Waals surface area contributed by atoms with E-state index in [-0.39, 0.29) is 0 Å². The summed E-state index contributed by atoms with van der Waals surface area (Å²) in [6, 6.07) is 14.3. The van der Waals surface area contributed by atoms with Gasteiger partial charge in [0.05, 0.1) is 24.2 Å². The van der Waals surface area contributed by atoms with E-state index in [0.29, 0.717) is 0 Å². The van der Waals surface area contributed by atoms with E-state index in [1.807, 2.05) is 24.3 Å². The highest BCUT2D eigenvalue weighted by molar-refractivity contribution is 5.79. The Hall–Kier alpha value is -2.20. The zero-order chi connectivity index (χ0) is 16.2. The molecular formula is C19H25N3O. The van der Waals surface area contributed by atoms with Crippen LogP contribution >= 0.6 is 0 Å². The van der Waals surface area contributed by atoms with Crippen molar-refractivity contribution in [3.63, 3.8) is 0 Å². The minimum absolute atomic E-state index is 0.836. The van der Waals surface area contributed by atoms with Crippen molar-refractivity contribution in [3.05, 3.63) is 48.0 Å². The fourth-order valence-electron chi connectivity index (χ4n) is 3.22. The second-order valence-corrected chi connectivity index (χ2v) is 6.06. The molecule has 0 amide bonds. The van der Waals surface area contributed by atoms with Gasteiger partial charge >= 0.3 is 0 Å². The molecule has 1 fully saturated rings. The van der Waals surface area contributed by atoms with E-state index in [9.17, 15) is 0 Å². The van der Waals surface area contributed by atoms with Gasteiger partial charge in [-0.1, -0.05) is 12.1 Å². The third-order valence-electron chi connectivity index (χ3n) is 4.50. The summed E-state index contributed by atoms with van der Waals surface area (Å²) in [5, 5.41) is 1.79. The maximum Gasteiger partial charge on any atom is 0.119 e. The number of methoxy groups -OCH3 is 1. The van der Waals surface area contributed by atoms with Gasteiger partial charge in [-0.15, -0.1) is 0 Å². The molecule has 1 saturated heterocycles. The van der Waals surface area contributed by atoms with Crippen molar-refractivity contribution in [2.45, 2.75) is 26.2 Å². The standard InChI is InChI=1S/C19H25N3O/c1-15-7-6-8-18(21-13-4-3-5-14-21)19(15)22(20)16-9-11-17(23-2)12-10-16/h6-12H,3-5,13-14,20H2,1-2H3. The predicted octanol–water partition coefficient (Wildman–Crippen LogP) is 4.01. The number of nitrogens with zero attached hydrogens (tertiary/aromatic N) is 2. The Balaban J connectivity index is 1.96. The van der Waals surface area contributed by atoms with Gasteiger partial charge in [0.1, 0.15) is 5.75 Å². The average Bonchev–Trinajstić information content (AvgIpc) is 2.62. The molecule has 0 radical (unpaired) electrons. The van der Waals surface area contributed by atoms with Crippen molar-refractivity contribution in [2.75, 3.05) is 30.1 Å². The van der Waals surface area contributed by atoms with Gasteiger partial charge in [-0.3, -0.25) is 5.01 Å². The third kappa shape index (κ3) is 3.27. The van der Waals surface area contributed by atoms with E-state index in [0.717, 1.165) is 30.2 Å². The van der Waals surface area contributed by atoms with Gasteiger partial charge in [0.15, 0.2) is 0 Å². The zero-order valence-electron chi connectivity index (χ0n) is 14.0. The van der Waals surface area contributed by atoms with E-state index >= 15 is 0 Å². The second kappa shape index (κ2) is 6.92. The van der Waals surface area contributed by atoms with Crippen molar-refractivity contribution in [1.29, 1.82) is 0 Å². The summed E-state index contributed by atoms with van der Waals surface area (Å²) in [5.41, 5.74) is 4.45. The fraction of sp³-hybridized carbons (Fsp3) is 0.368. The van der Waals surface area contributed by atoms with Crippen molar-refractivity contribution in [2.24, 2.45) is 5.84 Å². The number of hydrogen-bond donors (Lipinski definition) is 1. The van der Waals surface area contributed by atoms with Crippen LogP contribution < -0.4 is 20.5 Å². The van der Waals surface area contributed by atoms with Crippen molar-refractivity contribution in [1.82, 2.24) is 0 Å². The molecule has 0 spiro atoms. The summed E-state index contributed by atoms with van der Waals surface area (Å²) in [6.07, 6.45) is 3.82. The Morgan fingerprint density at radius 1 is 1.00 bits per heavy atom. The van der Waals surface area contributed by atoms with Crippen LogP contribution in [0.2, 0.25) is 0 Å². The molecule has 122 valence electrons. The van der Waals surface area contributed by atoms with Crippen LogP contribution in [0.5, 0.6) is 5.75 Å². The van der Waals surface area contributed by atoms with E-state index in [1.165, 1.54) is 30.5 Å². The molecule has 1 aliphatic heterocycles. The highest BCUT2D eigenvalue weighted by Crippen LogP contribution is 2.36. The minimum Gasteiger partial charge on any atom is -0.497 e. The maximum absolute atomic E-state index is 6.48. The molecule has 4 nitrogen and oxygen atoms in total. The van der Waals surface area contributed by atoms with Gasteiger partial charge in [-0.05, 0) is 62.1 Å². The Morgan fingerprint density at radius 2 is 1.70 bits per heavy atom. The molecule has 2 aromatic rings. The lowest BCUT2D eigenvalue weighted by Crippen LogP contribution is -2.33. The molecule has 2 N–H and O–H groups in total. The van der Waals surface area contributed by atoms with Crippen LogP contribution in [0.4, 0.5) is 17.1 Å². The Morgan fingerprint density at radius 3 is 2.35 bits per heavy atom. The highest BCUT2D eigenvalue weighted by atomic mass is 16.5. The number of benzene rings is 2. The Kier molecular flexibility index (Phi) is 4.72. The number of nitrogens with two attached hydrogens (primary N) is 1. The summed E-state index contributed by atoms with van der Waals surface area (Å²) < 4.78 is 5.23. The first-order chi connectivity index (χ1) is 11.2. The monoisotopic (exact) mass is 311 g/mol. The van der Waals surface area contributed by atoms with Gasteiger partial charge in [-0.25, -0.2) is 5.84 Å². The number of anilines is 3. The first-order valence-corrected chi connectivity index (χ1v) is 8.24. The van der Waals surface area contributed by atoms with E-state index in [4.69, 9.17) is 10.6 Å². The maximum atomic E-state index is 6.48. The van der Waals surface area contributed by atoms with Crippen LogP contribution in [-0.4, -0.2) is 20.2 Å². The molecule has 0 aromatic heterocycles. The fourth-order valence-corrected chi connectivity index (χ4v) is 3.22. The molecule has 1 aliphatic rings. The molecule has 3 rings (SSSR count). The highest BCUT2D eigenvalue weighted by Gasteiger charge is 2.19. The lowest BCUT2D eigenvalue weighted by molar-refractivity contribution is 0.415. The number of para-hydroxylation sites is 1. The van der Waals surface area contributed by atoms with Crippen LogP contribution in [0.15, 0.2) is 42.5 Å². The first-order valence-electron chi connectivity index (χ1n) is 8.24. The van der Waals surface area contributed by atoms with E-state index in [1.54, 1.807) is 12.1 Å². The normalized spacial score (nSPS) is 14.7. The van der Waals surface area contributed by atoms with Crippen LogP contribution in [0.3, 0.4) is 0 Å². The predicted molar refractivity (Wildman–Crippen MR) is 96.6 cm³/mol. The summed E-state index contributed by atoms with van der Waals surface area (Å²) in [5.74, 6) is 7.32. The van der Waals surface area contributed by atoms with Gasteiger partial charge < -0.3 is 9.64 Å². The quantitative estimate of drug-likeness (QED) is 0.684. The molecule has 1 heterocycles. The molecule has 2 aromatic carbocycles. The largest absolute Gasteiger partial charge is 0.497 e. The summed E-state index contributed by atoms with van der Waals surface area (Å²) in [4.78, 5) is 2.45. The topological polar surface area (TPSA) is 41.7 Å². The Labute approximate surface area is 138 Å². The first kappa shape index (κ1) is 15.7. The minimum atomic E-state index is 0.836. The van der Waals surface area contributed by atoms with Crippen molar-refractivity contribution < 1.29 is 4.74 Å². The number of piperidine rings is 1. The summed E-state index contributed by atoms with van der Waals surface area (Å²) in [6.45, 7) is 4.33. The number of rotatable bonds is 4. The molecule has 0 atom stereocenters. The van der Waals surface area contributed by atoms with Gasteiger partial charge in [-0.2, -0.15) is 0 Å². The second-order valence-electron chi connectivity index (χ2n) is 6.06.